The second kappa shape index (κ2) is 13.2. The maximum atomic E-state index is 13.4. The molecule has 2 aromatic rings. The van der Waals surface area contributed by atoms with Gasteiger partial charge in [0.2, 0.25) is 5.91 Å². The molecule has 212 valence electrons. The highest BCUT2D eigenvalue weighted by Gasteiger charge is 2.34. The predicted molar refractivity (Wildman–Crippen MR) is 147 cm³/mol. The molecule has 2 saturated heterocycles. The van der Waals surface area contributed by atoms with Gasteiger partial charge in [-0.05, 0) is 75.1 Å². The number of rotatable bonds is 7. The Bertz CT molecular complexity index is 1160. The van der Waals surface area contributed by atoms with Gasteiger partial charge in [0.1, 0.15) is 0 Å². The van der Waals surface area contributed by atoms with Crippen LogP contribution in [0.3, 0.4) is 0 Å². The largest absolute Gasteiger partial charge is 0.416 e. The lowest BCUT2D eigenvalue weighted by Gasteiger charge is -2.33. The highest BCUT2D eigenvalue weighted by molar-refractivity contribution is 6.42. The van der Waals surface area contributed by atoms with Gasteiger partial charge < -0.3 is 20.0 Å². The zero-order valence-corrected chi connectivity index (χ0v) is 23.2. The molecule has 39 heavy (non-hydrogen) atoms. The van der Waals surface area contributed by atoms with Crippen molar-refractivity contribution in [2.45, 2.75) is 50.7 Å². The monoisotopic (exact) mass is 584 g/mol. The van der Waals surface area contributed by atoms with Gasteiger partial charge in [0.25, 0.3) is 0 Å². The van der Waals surface area contributed by atoms with Crippen molar-refractivity contribution in [3.63, 3.8) is 0 Å². The fraction of sp³-hybridized carbons (Fsp3) is 0.500. The molecule has 2 fully saturated rings. The third-order valence-corrected chi connectivity index (χ3v) is 8.04. The number of carbonyl (C=O) groups is 2. The average molecular weight is 585 g/mol. The quantitative estimate of drug-likeness (QED) is 0.400. The van der Waals surface area contributed by atoms with E-state index in [1.54, 1.807) is 28.0 Å². The van der Waals surface area contributed by atoms with Crippen molar-refractivity contribution in [2.24, 2.45) is 0 Å². The van der Waals surface area contributed by atoms with Crippen LogP contribution in [0.4, 0.5) is 23.7 Å². The number of hydrogen-bond acceptors (Lipinski definition) is 3. The van der Waals surface area contributed by atoms with E-state index in [1.165, 1.54) is 31.4 Å². The number of halogens is 5. The van der Waals surface area contributed by atoms with Crippen LogP contribution >= 0.6 is 23.2 Å². The molecule has 0 bridgehead atoms. The van der Waals surface area contributed by atoms with Crippen LogP contribution < -0.4 is 5.32 Å². The van der Waals surface area contributed by atoms with Gasteiger partial charge in [-0.25, -0.2) is 4.79 Å². The lowest BCUT2D eigenvalue weighted by atomic mass is 10.0. The van der Waals surface area contributed by atoms with Crippen molar-refractivity contribution in [3.05, 3.63) is 63.6 Å². The molecule has 1 atom stereocenters. The normalized spacial score (nSPS) is 19.2. The number of hydrogen-bond donors (Lipinski definition) is 1. The van der Waals surface area contributed by atoms with Crippen LogP contribution in [0.15, 0.2) is 42.5 Å². The van der Waals surface area contributed by atoms with E-state index in [4.69, 9.17) is 23.2 Å². The molecule has 0 aliphatic carbocycles. The van der Waals surface area contributed by atoms with Crippen molar-refractivity contribution in [2.75, 3.05) is 44.6 Å². The number of benzene rings is 2. The summed E-state index contributed by atoms with van der Waals surface area (Å²) in [5, 5.41) is 3.43. The van der Waals surface area contributed by atoms with Gasteiger partial charge in [0.15, 0.2) is 0 Å². The van der Waals surface area contributed by atoms with Crippen LogP contribution in [-0.4, -0.2) is 71.9 Å². The van der Waals surface area contributed by atoms with E-state index in [0.29, 0.717) is 22.8 Å². The number of nitrogens with zero attached hydrogens (tertiary/aromatic N) is 3. The molecule has 0 spiro atoms. The number of urea groups is 1. The van der Waals surface area contributed by atoms with Gasteiger partial charge in [0, 0.05) is 31.7 Å². The Morgan fingerprint density at radius 1 is 0.974 bits per heavy atom. The van der Waals surface area contributed by atoms with E-state index >= 15 is 0 Å². The molecule has 0 unspecified atom stereocenters. The molecule has 2 aliphatic heterocycles. The van der Waals surface area contributed by atoms with Crippen LogP contribution in [0.5, 0.6) is 0 Å². The topological polar surface area (TPSA) is 55.9 Å². The summed E-state index contributed by atoms with van der Waals surface area (Å²) in [4.78, 5) is 32.2. The first-order valence-electron chi connectivity index (χ1n) is 13.3. The molecule has 1 N–H and O–H groups in total. The summed E-state index contributed by atoms with van der Waals surface area (Å²) in [7, 11) is 0. The summed E-state index contributed by atoms with van der Waals surface area (Å²) in [6, 6.07) is 8.88. The van der Waals surface area contributed by atoms with Crippen molar-refractivity contribution in [1.29, 1.82) is 0 Å². The van der Waals surface area contributed by atoms with Crippen LogP contribution in [0.25, 0.3) is 0 Å². The number of anilines is 1. The lowest BCUT2D eigenvalue weighted by Crippen LogP contribution is -2.48. The maximum absolute atomic E-state index is 13.4. The number of alkyl halides is 3. The molecule has 6 nitrogen and oxygen atoms in total. The number of amides is 3. The molecule has 11 heteroatoms. The molecular weight excluding hydrogens is 552 g/mol. The second-order valence-electron chi connectivity index (χ2n) is 10.2. The first-order valence-corrected chi connectivity index (χ1v) is 14.0. The summed E-state index contributed by atoms with van der Waals surface area (Å²) in [5.41, 5.74) is 0.140. The van der Waals surface area contributed by atoms with Crippen LogP contribution in [0, 0.1) is 0 Å². The van der Waals surface area contributed by atoms with E-state index < -0.39 is 23.8 Å². The van der Waals surface area contributed by atoms with Gasteiger partial charge in [-0.1, -0.05) is 47.8 Å². The van der Waals surface area contributed by atoms with Crippen molar-refractivity contribution in [1.82, 2.24) is 14.7 Å². The van der Waals surface area contributed by atoms with Gasteiger partial charge in [0.05, 0.1) is 21.7 Å². The third kappa shape index (κ3) is 8.25. The number of nitrogens with one attached hydrogen (secondary N) is 1. The number of likely N-dealkylation sites (tertiary alicyclic amines) is 1. The first kappa shape index (κ1) is 29.5. The van der Waals surface area contributed by atoms with E-state index in [2.05, 4.69) is 10.2 Å². The zero-order valence-electron chi connectivity index (χ0n) is 21.7. The highest BCUT2D eigenvalue weighted by Crippen LogP contribution is 2.30. The molecular formula is C28H33Cl2F3N4O2. The standard InChI is InChI=1S/C28H33Cl2F3N4O2/c29-24-9-8-22(18-25(24)30)34-27(39)37-15-10-26(38)36(14-5-13-35-11-2-1-3-12-35)19-23(37)17-20-6-4-7-21(16-20)28(31,32)33/h4,6-9,16,18,23H,1-3,5,10-15,17,19H2,(H,34,39)/t23-/m1/s1. The summed E-state index contributed by atoms with van der Waals surface area (Å²) in [6.07, 6.45) is 0.262. The van der Waals surface area contributed by atoms with Crippen LogP contribution in [0.1, 0.15) is 43.2 Å². The molecule has 2 heterocycles. The van der Waals surface area contributed by atoms with Crippen LogP contribution in [0.2, 0.25) is 10.0 Å². The van der Waals surface area contributed by atoms with Gasteiger partial charge in [-0.2, -0.15) is 13.2 Å². The number of carbonyl (C=O) groups excluding carboxylic acids is 2. The van der Waals surface area contributed by atoms with Gasteiger partial charge >= 0.3 is 12.2 Å². The lowest BCUT2D eigenvalue weighted by molar-refractivity contribution is -0.137. The molecule has 2 aliphatic rings. The Kier molecular flexibility index (Phi) is 10.0. The molecule has 2 aromatic carbocycles. The first-order chi connectivity index (χ1) is 18.6. The summed E-state index contributed by atoms with van der Waals surface area (Å²) in [5.74, 6) is -0.0625. The average Bonchev–Trinajstić information content (AvgIpc) is 3.05. The fourth-order valence-electron chi connectivity index (χ4n) is 5.25. The van der Waals surface area contributed by atoms with Crippen molar-refractivity contribution < 1.29 is 22.8 Å². The third-order valence-electron chi connectivity index (χ3n) is 7.30. The molecule has 3 amide bonds. The Morgan fingerprint density at radius 3 is 2.46 bits per heavy atom. The number of piperidine rings is 1. The summed E-state index contributed by atoms with van der Waals surface area (Å²) < 4.78 is 40.1. The smallest absolute Gasteiger partial charge is 0.341 e. The fourth-order valence-corrected chi connectivity index (χ4v) is 5.55. The van der Waals surface area contributed by atoms with Crippen LogP contribution in [-0.2, 0) is 17.4 Å². The van der Waals surface area contributed by atoms with E-state index in [9.17, 15) is 22.8 Å². The predicted octanol–water partition coefficient (Wildman–Crippen LogP) is 6.57. The Hall–Kier alpha value is -2.49. The van der Waals surface area contributed by atoms with Crippen molar-refractivity contribution in [3.8, 4) is 0 Å². The second-order valence-corrected chi connectivity index (χ2v) is 11.0. The molecule has 4 rings (SSSR count). The van der Waals surface area contributed by atoms with E-state index in [0.717, 1.165) is 38.2 Å². The minimum absolute atomic E-state index is 0.0625. The summed E-state index contributed by atoms with van der Waals surface area (Å²) >= 11 is 12.1. The molecule has 0 saturated carbocycles. The molecule has 0 aromatic heterocycles. The molecule has 0 radical (unpaired) electrons. The SMILES string of the molecule is O=C1CCN(C(=O)Nc2ccc(Cl)c(Cl)c2)[C@H](Cc2cccc(C(F)(F)F)c2)CN1CCCN1CCCCC1. The van der Waals surface area contributed by atoms with E-state index in [1.807, 2.05) is 0 Å². The minimum atomic E-state index is -4.47. The van der Waals surface area contributed by atoms with Gasteiger partial charge in [-0.15, -0.1) is 0 Å². The Labute approximate surface area is 237 Å². The minimum Gasteiger partial charge on any atom is -0.341 e. The maximum Gasteiger partial charge on any atom is 0.416 e. The Morgan fingerprint density at radius 2 is 1.74 bits per heavy atom. The zero-order chi connectivity index (χ0) is 28.0. The van der Waals surface area contributed by atoms with Gasteiger partial charge in [-0.3, -0.25) is 4.79 Å². The highest BCUT2D eigenvalue weighted by atomic mass is 35.5. The van der Waals surface area contributed by atoms with E-state index in [-0.39, 0.29) is 36.9 Å². The Balaban J connectivity index is 1.52. The van der Waals surface area contributed by atoms with Crippen molar-refractivity contribution >= 4 is 40.8 Å². The summed E-state index contributed by atoms with van der Waals surface area (Å²) in [6.45, 7) is 3.95.